The Labute approximate surface area is 135 Å². The van der Waals surface area contributed by atoms with Gasteiger partial charge < -0.3 is 9.84 Å². The molecule has 1 N–H and O–H groups in total. The Morgan fingerprint density at radius 3 is 2.68 bits per heavy atom. The number of aromatic carboxylic acids is 1. The Hall–Kier alpha value is -2.34. The quantitative estimate of drug-likeness (QED) is 0.773. The number of hydrogen-bond acceptors (Lipinski definition) is 3. The second-order valence-electron chi connectivity index (χ2n) is 4.85. The summed E-state index contributed by atoms with van der Waals surface area (Å²) in [6.45, 7) is 0. The molecule has 0 aliphatic heterocycles. The molecule has 5 nitrogen and oxygen atoms in total. The lowest BCUT2D eigenvalue weighted by Crippen LogP contribution is -2.00. The van der Waals surface area contributed by atoms with Crippen LogP contribution in [0.25, 0.3) is 22.0 Å². The SMILES string of the molecule is COc1ccc2cc(Br)ccc2c1-c1cc(C(=O)O)nn1C. The number of fused-ring (bicyclic) bond motifs is 1. The molecule has 0 amide bonds. The monoisotopic (exact) mass is 360 g/mol. The number of carbonyl (C=O) groups is 1. The van der Waals surface area contributed by atoms with Crippen LogP contribution >= 0.6 is 15.9 Å². The zero-order valence-corrected chi connectivity index (χ0v) is 13.6. The Morgan fingerprint density at radius 2 is 2.05 bits per heavy atom. The van der Waals surface area contributed by atoms with Gasteiger partial charge in [-0.05, 0) is 35.0 Å². The smallest absolute Gasteiger partial charge is 0.356 e. The standard InChI is InChI=1S/C16H13BrN2O3/c1-19-13(8-12(18-19)16(20)21)15-11-5-4-10(17)7-9(11)3-6-14(15)22-2/h3-8H,1-2H3,(H,20,21). The molecule has 6 heteroatoms. The minimum Gasteiger partial charge on any atom is -0.496 e. The number of carboxylic acid groups (broad SMARTS) is 1. The molecule has 0 atom stereocenters. The van der Waals surface area contributed by atoms with Crippen LogP contribution in [0.2, 0.25) is 0 Å². The molecule has 112 valence electrons. The lowest BCUT2D eigenvalue weighted by atomic mass is 10.0. The molecule has 0 radical (unpaired) electrons. The predicted octanol–water partition coefficient (Wildman–Crippen LogP) is 3.71. The topological polar surface area (TPSA) is 64.3 Å². The average Bonchev–Trinajstić information content (AvgIpc) is 2.87. The molecular weight excluding hydrogens is 348 g/mol. The summed E-state index contributed by atoms with van der Waals surface area (Å²) in [7, 11) is 3.32. The molecule has 3 rings (SSSR count). The van der Waals surface area contributed by atoms with Crippen LogP contribution in [-0.4, -0.2) is 28.0 Å². The summed E-state index contributed by atoms with van der Waals surface area (Å²) < 4.78 is 8.00. The first kappa shape index (κ1) is 14.6. The maximum absolute atomic E-state index is 11.1. The van der Waals surface area contributed by atoms with Crippen LogP contribution in [0.1, 0.15) is 10.5 Å². The van der Waals surface area contributed by atoms with Crippen molar-refractivity contribution < 1.29 is 14.6 Å². The average molecular weight is 361 g/mol. The van der Waals surface area contributed by atoms with Crippen molar-refractivity contribution in [2.45, 2.75) is 0 Å². The van der Waals surface area contributed by atoms with E-state index in [1.165, 1.54) is 0 Å². The Balaban J connectivity index is 2.35. The van der Waals surface area contributed by atoms with Gasteiger partial charge in [-0.1, -0.05) is 28.1 Å². The Morgan fingerprint density at radius 1 is 1.27 bits per heavy atom. The van der Waals surface area contributed by atoms with Crippen molar-refractivity contribution in [2.75, 3.05) is 7.11 Å². The number of benzene rings is 2. The maximum Gasteiger partial charge on any atom is 0.356 e. The van der Waals surface area contributed by atoms with E-state index in [0.717, 1.165) is 20.8 Å². The lowest BCUT2D eigenvalue weighted by Gasteiger charge is -2.12. The third-order valence-electron chi connectivity index (χ3n) is 3.52. The van der Waals surface area contributed by atoms with Crippen LogP contribution in [0.15, 0.2) is 40.9 Å². The number of halogens is 1. The summed E-state index contributed by atoms with van der Waals surface area (Å²) in [5.41, 5.74) is 1.53. The molecule has 0 fully saturated rings. The van der Waals surface area contributed by atoms with E-state index < -0.39 is 5.97 Å². The van der Waals surface area contributed by atoms with Gasteiger partial charge in [-0.25, -0.2) is 4.79 Å². The molecule has 0 saturated carbocycles. The van der Waals surface area contributed by atoms with Gasteiger partial charge in [0, 0.05) is 17.1 Å². The second-order valence-corrected chi connectivity index (χ2v) is 5.77. The lowest BCUT2D eigenvalue weighted by molar-refractivity contribution is 0.0689. The number of nitrogens with zero attached hydrogens (tertiary/aromatic N) is 2. The minimum atomic E-state index is -1.05. The fourth-order valence-corrected chi connectivity index (χ4v) is 2.90. The van der Waals surface area contributed by atoms with Crippen molar-refractivity contribution in [3.63, 3.8) is 0 Å². The second kappa shape index (κ2) is 5.46. The molecule has 0 aliphatic rings. The number of carboxylic acids is 1. The molecule has 1 aromatic heterocycles. The van der Waals surface area contributed by atoms with Crippen molar-refractivity contribution in [1.29, 1.82) is 0 Å². The molecule has 22 heavy (non-hydrogen) atoms. The normalized spacial score (nSPS) is 10.9. The first-order valence-electron chi connectivity index (χ1n) is 6.55. The third kappa shape index (κ3) is 2.35. The van der Waals surface area contributed by atoms with Crippen LogP contribution < -0.4 is 4.74 Å². The fraction of sp³-hybridized carbons (Fsp3) is 0.125. The Bertz CT molecular complexity index is 886. The van der Waals surface area contributed by atoms with E-state index in [-0.39, 0.29) is 5.69 Å². The molecule has 0 aliphatic carbocycles. The Kier molecular flexibility index (Phi) is 3.62. The molecule has 3 aromatic rings. The van der Waals surface area contributed by atoms with Gasteiger partial charge in [-0.2, -0.15) is 5.10 Å². The van der Waals surface area contributed by atoms with Crippen LogP contribution in [0, 0.1) is 0 Å². The molecule has 0 bridgehead atoms. The zero-order valence-electron chi connectivity index (χ0n) is 12.0. The first-order chi connectivity index (χ1) is 10.5. The maximum atomic E-state index is 11.1. The number of rotatable bonds is 3. The predicted molar refractivity (Wildman–Crippen MR) is 87.4 cm³/mol. The van der Waals surface area contributed by atoms with Crippen molar-refractivity contribution in [3.8, 4) is 17.0 Å². The molecule has 1 heterocycles. The van der Waals surface area contributed by atoms with E-state index >= 15 is 0 Å². The highest BCUT2D eigenvalue weighted by atomic mass is 79.9. The highest BCUT2D eigenvalue weighted by Gasteiger charge is 2.18. The van der Waals surface area contributed by atoms with Crippen LogP contribution in [0.5, 0.6) is 5.75 Å². The van der Waals surface area contributed by atoms with Gasteiger partial charge in [0.1, 0.15) is 5.75 Å². The van der Waals surface area contributed by atoms with Crippen molar-refractivity contribution in [1.82, 2.24) is 9.78 Å². The zero-order chi connectivity index (χ0) is 15.9. The van der Waals surface area contributed by atoms with E-state index in [1.54, 1.807) is 24.9 Å². The molecule has 2 aromatic carbocycles. The van der Waals surface area contributed by atoms with E-state index in [0.29, 0.717) is 11.4 Å². The van der Waals surface area contributed by atoms with Gasteiger partial charge in [-0.15, -0.1) is 0 Å². The number of aryl methyl sites for hydroxylation is 1. The summed E-state index contributed by atoms with van der Waals surface area (Å²) in [4.78, 5) is 11.1. The van der Waals surface area contributed by atoms with Crippen LogP contribution in [0.3, 0.4) is 0 Å². The number of hydrogen-bond donors (Lipinski definition) is 1. The van der Waals surface area contributed by atoms with Gasteiger partial charge in [0.05, 0.1) is 12.8 Å². The highest BCUT2D eigenvalue weighted by Crippen LogP contribution is 2.38. The van der Waals surface area contributed by atoms with Crippen molar-refractivity contribution in [2.24, 2.45) is 7.05 Å². The first-order valence-corrected chi connectivity index (χ1v) is 7.34. The molecule has 0 saturated heterocycles. The largest absolute Gasteiger partial charge is 0.496 e. The number of ether oxygens (including phenoxy) is 1. The van der Waals surface area contributed by atoms with Gasteiger partial charge >= 0.3 is 5.97 Å². The van der Waals surface area contributed by atoms with Gasteiger partial charge in [0.2, 0.25) is 0 Å². The van der Waals surface area contributed by atoms with Crippen molar-refractivity contribution in [3.05, 3.63) is 46.6 Å². The van der Waals surface area contributed by atoms with Crippen molar-refractivity contribution >= 4 is 32.7 Å². The van der Waals surface area contributed by atoms with E-state index in [1.807, 2.05) is 30.3 Å². The fourth-order valence-electron chi connectivity index (χ4n) is 2.52. The van der Waals surface area contributed by atoms with Crippen LogP contribution in [0.4, 0.5) is 0 Å². The summed E-state index contributed by atoms with van der Waals surface area (Å²) in [5, 5.41) is 15.2. The van der Waals surface area contributed by atoms with E-state index in [4.69, 9.17) is 9.84 Å². The summed E-state index contributed by atoms with van der Waals surface area (Å²) in [5.74, 6) is -0.376. The summed E-state index contributed by atoms with van der Waals surface area (Å²) in [6, 6.07) is 11.3. The van der Waals surface area contributed by atoms with Gasteiger partial charge in [-0.3, -0.25) is 4.68 Å². The summed E-state index contributed by atoms with van der Waals surface area (Å²) in [6.07, 6.45) is 0. The number of methoxy groups -OCH3 is 1. The number of aromatic nitrogens is 2. The molecule has 0 spiro atoms. The third-order valence-corrected chi connectivity index (χ3v) is 4.01. The van der Waals surface area contributed by atoms with Gasteiger partial charge in [0.25, 0.3) is 0 Å². The molecular formula is C16H13BrN2O3. The van der Waals surface area contributed by atoms with E-state index in [2.05, 4.69) is 21.0 Å². The molecule has 0 unspecified atom stereocenters. The summed E-state index contributed by atoms with van der Waals surface area (Å²) >= 11 is 3.46. The van der Waals surface area contributed by atoms with Crippen LogP contribution in [-0.2, 0) is 7.05 Å². The van der Waals surface area contributed by atoms with Gasteiger partial charge in [0.15, 0.2) is 5.69 Å². The minimum absolute atomic E-state index is 0.00803. The highest BCUT2D eigenvalue weighted by molar-refractivity contribution is 9.10. The van der Waals surface area contributed by atoms with E-state index in [9.17, 15) is 4.79 Å².